The van der Waals surface area contributed by atoms with Gasteiger partial charge in [0.1, 0.15) is 6.07 Å². The van der Waals surface area contributed by atoms with Gasteiger partial charge in [-0.3, -0.25) is 0 Å². The van der Waals surface area contributed by atoms with Crippen LogP contribution in [0.15, 0.2) is 17.2 Å². The molecule has 0 saturated carbocycles. The highest BCUT2D eigenvalue weighted by atomic mass is 127. The average Bonchev–Trinajstić information content (AvgIpc) is 2.12. The third-order valence-electron chi connectivity index (χ3n) is 1.34. The summed E-state index contributed by atoms with van der Waals surface area (Å²) in [6.45, 7) is 0. The maximum atomic E-state index is 13.2. The molecule has 0 unspecified atom stereocenters. The molecule has 0 N–H and O–H groups in total. The van der Waals surface area contributed by atoms with Crippen LogP contribution in [0, 0.1) is 20.7 Å². The molecule has 13 heavy (non-hydrogen) atoms. The maximum absolute atomic E-state index is 13.2. The van der Waals surface area contributed by atoms with Crippen molar-refractivity contribution < 1.29 is 4.39 Å². The van der Waals surface area contributed by atoms with Gasteiger partial charge in [-0.1, -0.05) is 11.2 Å². The average molecular weight is 288 g/mol. The van der Waals surface area contributed by atoms with Crippen LogP contribution >= 0.6 is 22.6 Å². The van der Waals surface area contributed by atoms with E-state index in [2.05, 4.69) is 10.0 Å². The Balaban J connectivity index is 3.49. The number of nitriles is 1. The highest BCUT2D eigenvalue weighted by Gasteiger charge is 2.09. The van der Waals surface area contributed by atoms with Gasteiger partial charge in [-0.05, 0) is 34.2 Å². The van der Waals surface area contributed by atoms with Crippen molar-refractivity contribution in [3.05, 3.63) is 37.5 Å². The molecule has 1 aromatic rings. The maximum Gasteiger partial charge on any atom is 0.154 e. The van der Waals surface area contributed by atoms with Gasteiger partial charge < -0.3 is 0 Å². The summed E-state index contributed by atoms with van der Waals surface area (Å²) in [4.78, 5) is 2.49. The van der Waals surface area contributed by atoms with E-state index in [1.807, 2.05) is 0 Å². The van der Waals surface area contributed by atoms with Gasteiger partial charge in [-0.25, -0.2) is 4.39 Å². The smallest absolute Gasteiger partial charge is 0.154 e. The number of benzene rings is 1. The molecule has 0 aliphatic rings. The lowest BCUT2D eigenvalue weighted by atomic mass is 10.2. The molecule has 0 fully saturated rings. The summed E-state index contributed by atoms with van der Waals surface area (Å²) >= 11 is 1.76. The van der Waals surface area contributed by atoms with Crippen LogP contribution in [0.5, 0.6) is 0 Å². The molecular formula is C7H2FIN4. The van der Waals surface area contributed by atoms with Crippen molar-refractivity contribution in [1.82, 2.24) is 0 Å². The molecule has 1 aromatic carbocycles. The summed E-state index contributed by atoms with van der Waals surface area (Å²) in [7, 11) is 0. The first-order chi connectivity index (χ1) is 6.20. The van der Waals surface area contributed by atoms with Gasteiger partial charge in [-0.2, -0.15) is 5.26 Å². The summed E-state index contributed by atoms with van der Waals surface area (Å²) in [5.41, 5.74) is 7.92. The molecule has 0 aliphatic carbocycles. The van der Waals surface area contributed by atoms with Crippen molar-refractivity contribution in [3.8, 4) is 6.07 Å². The number of hydrogen-bond donors (Lipinski definition) is 0. The van der Waals surface area contributed by atoms with Crippen LogP contribution in [-0.2, 0) is 0 Å². The Morgan fingerprint density at radius 2 is 2.31 bits per heavy atom. The minimum atomic E-state index is -0.645. The van der Waals surface area contributed by atoms with Crippen LogP contribution in [0.25, 0.3) is 10.4 Å². The van der Waals surface area contributed by atoms with Gasteiger partial charge >= 0.3 is 0 Å². The molecular weight excluding hydrogens is 286 g/mol. The Labute approximate surface area is 86.8 Å². The summed E-state index contributed by atoms with van der Waals surface area (Å²) in [6.07, 6.45) is 0. The molecule has 6 heteroatoms. The molecule has 0 aromatic heterocycles. The van der Waals surface area contributed by atoms with Crippen molar-refractivity contribution >= 4 is 28.3 Å². The summed E-state index contributed by atoms with van der Waals surface area (Å²) in [6, 6.07) is 4.50. The Kier molecular flexibility index (Phi) is 3.06. The molecule has 4 nitrogen and oxygen atoms in total. The predicted octanol–water partition coefficient (Wildman–Crippen LogP) is 3.24. The highest BCUT2D eigenvalue weighted by Crippen LogP contribution is 2.24. The number of hydrogen-bond acceptors (Lipinski definition) is 2. The van der Waals surface area contributed by atoms with Crippen molar-refractivity contribution in [2.45, 2.75) is 0 Å². The first-order valence-corrected chi connectivity index (χ1v) is 4.21. The van der Waals surface area contributed by atoms with E-state index in [1.54, 1.807) is 28.7 Å². The molecule has 0 radical (unpaired) electrons. The minimum absolute atomic E-state index is 0.0166. The summed E-state index contributed by atoms with van der Waals surface area (Å²) in [5.74, 6) is -0.645. The molecule has 0 spiro atoms. The lowest BCUT2D eigenvalue weighted by Gasteiger charge is -1.99. The third-order valence-corrected chi connectivity index (χ3v) is 2.17. The van der Waals surface area contributed by atoms with Crippen LogP contribution in [0.2, 0.25) is 0 Å². The fraction of sp³-hybridized carbons (Fsp3) is 0. The topological polar surface area (TPSA) is 72.5 Å². The van der Waals surface area contributed by atoms with E-state index in [0.29, 0.717) is 3.57 Å². The molecule has 0 amide bonds. The minimum Gasteiger partial charge on any atom is -0.204 e. The molecule has 0 aliphatic heterocycles. The van der Waals surface area contributed by atoms with Gasteiger partial charge in [0.05, 0.1) is 14.8 Å². The van der Waals surface area contributed by atoms with Gasteiger partial charge in [0.25, 0.3) is 0 Å². The normalized spacial score (nSPS) is 8.69. The van der Waals surface area contributed by atoms with E-state index in [-0.39, 0.29) is 11.3 Å². The van der Waals surface area contributed by atoms with Crippen LogP contribution in [0.4, 0.5) is 10.1 Å². The van der Waals surface area contributed by atoms with Crippen molar-refractivity contribution in [1.29, 1.82) is 5.26 Å². The lowest BCUT2D eigenvalue weighted by molar-refractivity contribution is 0.617. The van der Waals surface area contributed by atoms with Gasteiger partial charge in [0.15, 0.2) is 5.82 Å². The molecule has 1 rings (SSSR count). The van der Waals surface area contributed by atoms with Crippen LogP contribution < -0.4 is 0 Å². The second-order valence-corrected chi connectivity index (χ2v) is 3.22. The number of rotatable bonds is 1. The first kappa shape index (κ1) is 9.77. The Hall–Kier alpha value is -1.32. The SMILES string of the molecule is N#Cc1c(N=[N+]=[N-])ccc(I)c1F. The standard InChI is InChI=1S/C7H2FIN4/c8-7-4(3-10)6(12-13-11)2-1-5(7)9/h1-2H. The first-order valence-electron chi connectivity index (χ1n) is 3.14. The molecule has 64 valence electrons. The number of azide groups is 1. The quantitative estimate of drug-likeness (QED) is 0.338. The van der Waals surface area contributed by atoms with Crippen molar-refractivity contribution in [2.75, 3.05) is 0 Å². The Morgan fingerprint density at radius 1 is 1.62 bits per heavy atom. The summed E-state index contributed by atoms with van der Waals surface area (Å²) < 4.78 is 13.5. The molecule has 0 saturated heterocycles. The van der Waals surface area contributed by atoms with E-state index in [0.717, 1.165) is 0 Å². The third kappa shape index (κ3) is 1.88. The largest absolute Gasteiger partial charge is 0.204 e. The van der Waals surface area contributed by atoms with E-state index in [9.17, 15) is 4.39 Å². The van der Waals surface area contributed by atoms with Gasteiger partial charge in [0.2, 0.25) is 0 Å². The number of nitrogens with zero attached hydrogens (tertiary/aromatic N) is 4. The molecule has 0 atom stereocenters. The number of halogens is 2. The fourth-order valence-electron chi connectivity index (χ4n) is 0.778. The Morgan fingerprint density at radius 3 is 2.85 bits per heavy atom. The Bertz CT molecular complexity index is 431. The van der Waals surface area contributed by atoms with Crippen molar-refractivity contribution in [3.63, 3.8) is 0 Å². The predicted molar refractivity (Wildman–Crippen MR) is 52.6 cm³/mol. The fourth-order valence-corrected chi connectivity index (χ4v) is 1.23. The highest BCUT2D eigenvalue weighted by molar-refractivity contribution is 14.1. The lowest BCUT2D eigenvalue weighted by Crippen LogP contribution is -1.87. The second kappa shape index (κ2) is 4.07. The van der Waals surface area contributed by atoms with Gasteiger partial charge in [-0.15, -0.1) is 0 Å². The zero-order valence-corrected chi connectivity index (χ0v) is 8.36. The van der Waals surface area contributed by atoms with Gasteiger partial charge in [0, 0.05) is 4.91 Å². The van der Waals surface area contributed by atoms with Crippen LogP contribution in [0.1, 0.15) is 5.56 Å². The zero-order valence-electron chi connectivity index (χ0n) is 6.20. The van der Waals surface area contributed by atoms with Crippen LogP contribution in [-0.4, -0.2) is 0 Å². The molecule has 0 bridgehead atoms. The van der Waals surface area contributed by atoms with E-state index < -0.39 is 5.82 Å². The second-order valence-electron chi connectivity index (χ2n) is 2.06. The van der Waals surface area contributed by atoms with E-state index >= 15 is 0 Å². The van der Waals surface area contributed by atoms with Crippen molar-refractivity contribution in [2.24, 2.45) is 5.11 Å². The monoisotopic (exact) mass is 288 g/mol. The van der Waals surface area contributed by atoms with Crippen LogP contribution in [0.3, 0.4) is 0 Å². The zero-order chi connectivity index (χ0) is 9.84. The van der Waals surface area contributed by atoms with E-state index in [4.69, 9.17) is 10.8 Å². The molecule has 0 heterocycles. The summed E-state index contributed by atoms with van der Waals surface area (Å²) in [5, 5.41) is 11.8. The van der Waals surface area contributed by atoms with E-state index in [1.165, 1.54) is 12.1 Å².